The maximum absolute atomic E-state index is 13.0. The van der Waals surface area contributed by atoms with Gasteiger partial charge in [0.15, 0.2) is 0 Å². The summed E-state index contributed by atoms with van der Waals surface area (Å²) >= 11 is 0. The van der Waals surface area contributed by atoms with E-state index in [4.69, 9.17) is 0 Å². The van der Waals surface area contributed by atoms with Crippen molar-refractivity contribution in [3.63, 3.8) is 0 Å². The number of carbonyl (C=O) groups is 2. The first-order chi connectivity index (χ1) is 13.0. The number of urea groups is 1. The van der Waals surface area contributed by atoms with Crippen molar-refractivity contribution in [1.82, 2.24) is 19.7 Å². The number of hydrogen-bond acceptors (Lipinski definition) is 2. The van der Waals surface area contributed by atoms with Crippen LogP contribution in [0.2, 0.25) is 0 Å². The fraction of sp³-hybridized carbons (Fsp3) is 0.524. The lowest BCUT2D eigenvalue weighted by molar-refractivity contribution is -0.130. The highest BCUT2D eigenvalue weighted by atomic mass is 16.2. The summed E-state index contributed by atoms with van der Waals surface area (Å²) in [6.07, 6.45) is 2.16. The van der Waals surface area contributed by atoms with E-state index in [0.29, 0.717) is 39.1 Å². The summed E-state index contributed by atoms with van der Waals surface area (Å²) in [5.41, 5.74) is 3.41. The Bertz CT molecular complexity index is 827. The van der Waals surface area contributed by atoms with Gasteiger partial charge in [-0.05, 0) is 31.4 Å². The smallest absolute Gasteiger partial charge is 0.317 e. The highest BCUT2D eigenvalue weighted by Crippen LogP contribution is 2.25. The molecule has 2 aromatic rings. The average Bonchev–Trinajstić information content (AvgIpc) is 2.87. The average molecular weight is 370 g/mol. The zero-order valence-electron chi connectivity index (χ0n) is 16.6. The summed E-state index contributed by atoms with van der Waals surface area (Å²) in [6, 6.07) is 8.22. The molecule has 3 amide bonds. The molecule has 0 saturated carbocycles. The van der Waals surface area contributed by atoms with Crippen LogP contribution in [0.25, 0.3) is 10.9 Å². The van der Waals surface area contributed by atoms with Crippen molar-refractivity contribution in [3.8, 4) is 0 Å². The van der Waals surface area contributed by atoms with E-state index in [1.54, 1.807) is 0 Å². The van der Waals surface area contributed by atoms with E-state index in [9.17, 15) is 9.59 Å². The van der Waals surface area contributed by atoms with Gasteiger partial charge in [-0.2, -0.15) is 0 Å². The van der Waals surface area contributed by atoms with Crippen LogP contribution in [0.3, 0.4) is 0 Å². The molecule has 6 nitrogen and oxygen atoms in total. The van der Waals surface area contributed by atoms with Gasteiger partial charge >= 0.3 is 6.03 Å². The Labute approximate surface area is 161 Å². The highest BCUT2D eigenvalue weighted by molar-refractivity contribution is 5.90. The van der Waals surface area contributed by atoms with Gasteiger partial charge in [-0.1, -0.05) is 25.1 Å². The maximum atomic E-state index is 13.0. The van der Waals surface area contributed by atoms with Crippen molar-refractivity contribution in [1.29, 1.82) is 0 Å². The summed E-state index contributed by atoms with van der Waals surface area (Å²) in [7, 11) is 2.05. The number of benzene rings is 1. The summed E-state index contributed by atoms with van der Waals surface area (Å²) in [5, 5.41) is 4.08. The third-order valence-electron chi connectivity index (χ3n) is 5.52. The van der Waals surface area contributed by atoms with Crippen LogP contribution in [0.15, 0.2) is 24.3 Å². The molecule has 6 heteroatoms. The molecule has 0 bridgehead atoms. The third-order valence-corrected chi connectivity index (χ3v) is 5.52. The number of hydrogen-bond donors (Lipinski definition) is 1. The number of aryl methyl sites for hydroxylation is 1. The van der Waals surface area contributed by atoms with Gasteiger partial charge in [0.05, 0.1) is 6.42 Å². The number of fused-ring (bicyclic) bond motifs is 1. The molecule has 146 valence electrons. The number of rotatable bonds is 4. The van der Waals surface area contributed by atoms with Crippen LogP contribution in [0.1, 0.15) is 31.0 Å². The topological polar surface area (TPSA) is 57.6 Å². The molecule has 1 aliphatic heterocycles. The molecule has 0 radical (unpaired) electrons. The molecule has 1 fully saturated rings. The van der Waals surface area contributed by atoms with Gasteiger partial charge in [-0.25, -0.2) is 4.79 Å². The van der Waals surface area contributed by atoms with E-state index in [-0.39, 0.29) is 11.9 Å². The number of para-hydroxylation sites is 1. The first-order valence-corrected chi connectivity index (χ1v) is 9.86. The van der Waals surface area contributed by atoms with Gasteiger partial charge in [-0.15, -0.1) is 0 Å². The first kappa shape index (κ1) is 19.3. The predicted octanol–water partition coefficient (Wildman–Crippen LogP) is 2.68. The second-order valence-electron chi connectivity index (χ2n) is 7.27. The highest BCUT2D eigenvalue weighted by Gasteiger charge is 2.23. The molecule has 1 aromatic carbocycles. The summed E-state index contributed by atoms with van der Waals surface area (Å²) in [4.78, 5) is 28.9. The zero-order chi connectivity index (χ0) is 19.4. The van der Waals surface area contributed by atoms with Gasteiger partial charge in [0.1, 0.15) is 0 Å². The van der Waals surface area contributed by atoms with Crippen LogP contribution in [0.4, 0.5) is 4.79 Å². The molecule has 2 heterocycles. The van der Waals surface area contributed by atoms with Gasteiger partial charge in [0.25, 0.3) is 0 Å². The summed E-state index contributed by atoms with van der Waals surface area (Å²) < 4.78 is 2.15. The fourth-order valence-electron chi connectivity index (χ4n) is 3.80. The second kappa shape index (κ2) is 8.46. The van der Waals surface area contributed by atoms with Crippen LogP contribution in [-0.2, 0) is 18.3 Å². The lowest BCUT2D eigenvalue weighted by atomic mass is 10.1. The maximum Gasteiger partial charge on any atom is 0.317 e. The Balaban J connectivity index is 1.67. The lowest BCUT2D eigenvalue weighted by Gasteiger charge is -2.22. The molecule has 27 heavy (non-hydrogen) atoms. The molecule has 1 saturated heterocycles. The van der Waals surface area contributed by atoms with Crippen molar-refractivity contribution in [3.05, 3.63) is 35.5 Å². The molecule has 1 N–H and O–H groups in total. The van der Waals surface area contributed by atoms with Crippen LogP contribution < -0.4 is 5.32 Å². The Morgan fingerprint density at radius 1 is 1.07 bits per heavy atom. The van der Waals surface area contributed by atoms with Gasteiger partial charge in [0, 0.05) is 56.4 Å². The van der Waals surface area contributed by atoms with Crippen LogP contribution in [-0.4, -0.2) is 59.0 Å². The van der Waals surface area contributed by atoms with E-state index in [2.05, 4.69) is 28.9 Å². The monoisotopic (exact) mass is 370 g/mol. The van der Waals surface area contributed by atoms with Crippen molar-refractivity contribution in [2.45, 2.75) is 33.1 Å². The predicted molar refractivity (Wildman–Crippen MR) is 108 cm³/mol. The standard InChI is InChI=1S/C21H30N4O2/c1-4-10-22-21(27)25-12-7-11-24(13-14-25)20(26)15-18-16(2)23(3)19-9-6-5-8-17(18)19/h5-6,8-9H,4,7,10-15H2,1-3H3,(H,22,27). The van der Waals surface area contributed by atoms with Crippen LogP contribution >= 0.6 is 0 Å². The zero-order valence-corrected chi connectivity index (χ0v) is 16.6. The van der Waals surface area contributed by atoms with Gasteiger partial charge in [0.2, 0.25) is 5.91 Å². The second-order valence-corrected chi connectivity index (χ2v) is 7.27. The summed E-state index contributed by atoms with van der Waals surface area (Å²) in [6.45, 7) is 7.41. The molecule has 0 unspecified atom stereocenters. The Hall–Kier alpha value is -2.50. The lowest BCUT2D eigenvalue weighted by Crippen LogP contribution is -2.43. The molecule has 1 aliphatic rings. The van der Waals surface area contributed by atoms with Crippen LogP contribution in [0, 0.1) is 6.92 Å². The summed E-state index contributed by atoms with van der Waals surface area (Å²) in [5.74, 6) is 0.144. The minimum Gasteiger partial charge on any atom is -0.348 e. The van der Waals surface area contributed by atoms with Gasteiger partial charge in [-0.3, -0.25) is 4.79 Å². The quantitative estimate of drug-likeness (QED) is 0.900. The third kappa shape index (κ3) is 4.10. The minimum absolute atomic E-state index is 0.0175. The molecule has 0 spiro atoms. The van der Waals surface area contributed by atoms with Crippen molar-refractivity contribution < 1.29 is 9.59 Å². The molecule has 0 atom stereocenters. The SMILES string of the molecule is CCCNC(=O)N1CCCN(C(=O)Cc2c(C)n(C)c3ccccc23)CC1. The Kier molecular flexibility index (Phi) is 6.04. The molecule has 3 rings (SSSR count). The molecule has 0 aliphatic carbocycles. The van der Waals surface area contributed by atoms with Crippen molar-refractivity contribution >= 4 is 22.8 Å². The van der Waals surface area contributed by atoms with Crippen LogP contribution in [0.5, 0.6) is 0 Å². The normalized spacial score (nSPS) is 15.1. The number of nitrogens with zero attached hydrogens (tertiary/aromatic N) is 3. The number of amides is 3. The first-order valence-electron chi connectivity index (χ1n) is 9.86. The van der Waals surface area contributed by atoms with Crippen molar-refractivity contribution in [2.75, 3.05) is 32.7 Å². The Morgan fingerprint density at radius 3 is 2.56 bits per heavy atom. The van der Waals surface area contributed by atoms with E-state index < -0.39 is 0 Å². The van der Waals surface area contributed by atoms with Gasteiger partial charge < -0.3 is 19.7 Å². The van der Waals surface area contributed by atoms with E-state index in [1.807, 2.05) is 35.9 Å². The van der Waals surface area contributed by atoms with E-state index >= 15 is 0 Å². The molecule has 1 aromatic heterocycles. The minimum atomic E-state index is -0.0175. The fourth-order valence-corrected chi connectivity index (χ4v) is 3.80. The Morgan fingerprint density at radius 2 is 1.78 bits per heavy atom. The van der Waals surface area contributed by atoms with Crippen molar-refractivity contribution in [2.24, 2.45) is 7.05 Å². The van der Waals surface area contributed by atoms with E-state index in [1.165, 1.54) is 0 Å². The molecular weight excluding hydrogens is 340 g/mol. The number of carbonyl (C=O) groups excluding carboxylic acids is 2. The molecular formula is C21H30N4O2. The van der Waals surface area contributed by atoms with E-state index in [0.717, 1.165) is 35.0 Å². The number of nitrogens with one attached hydrogen (secondary N) is 1. The number of aromatic nitrogens is 1. The largest absolute Gasteiger partial charge is 0.348 e.